The molecule has 0 aliphatic heterocycles. The van der Waals surface area contributed by atoms with Gasteiger partial charge in [0.25, 0.3) is 0 Å². The molecule has 0 saturated carbocycles. The zero-order valence-electron chi connectivity index (χ0n) is 9.31. The van der Waals surface area contributed by atoms with Crippen LogP contribution < -0.4 is 4.72 Å². The molecule has 0 atom stereocenters. The highest BCUT2D eigenvalue weighted by Crippen LogP contribution is 2.13. The van der Waals surface area contributed by atoms with E-state index >= 15 is 0 Å². The lowest BCUT2D eigenvalue weighted by Gasteiger charge is -2.08. The van der Waals surface area contributed by atoms with Crippen molar-refractivity contribution in [2.75, 3.05) is 17.1 Å². The molecule has 0 fully saturated rings. The first kappa shape index (κ1) is 13.0. The summed E-state index contributed by atoms with van der Waals surface area (Å²) in [5.74, 6) is -0.0557. The van der Waals surface area contributed by atoms with E-state index in [-0.39, 0.29) is 18.8 Å². The van der Waals surface area contributed by atoms with Crippen LogP contribution in [0.4, 0.5) is 5.69 Å². The van der Waals surface area contributed by atoms with E-state index < -0.39 is 10.0 Å². The Bertz CT molecular complexity index is 429. The molecule has 0 amide bonds. The zero-order chi connectivity index (χ0) is 12.0. The SMILES string of the molecule is CCc1cccc(NS(=O)(=O)CCCO)c1. The Kier molecular flexibility index (Phi) is 4.76. The predicted octanol–water partition coefficient (Wildman–Crippen LogP) is 1.37. The molecule has 0 unspecified atom stereocenters. The van der Waals surface area contributed by atoms with Crippen LogP contribution in [-0.4, -0.2) is 25.9 Å². The number of aryl methyl sites for hydroxylation is 1. The summed E-state index contributed by atoms with van der Waals surface area (Å²) in [6.07, 6.45) is 1.12. The first-order valence-electron chi connectivity index (χ1n) is 5.27. The lowest BCUT2D eigenvalue weighted by atomic mass is 10.1. The fraction of sp³-hybridized carbons (Fsp3) is 0.455. The van der Waals surface area contributed by atoms with E-state index in [1.54, 1.807) is 6.07 Å². The molecule has 1 aromatic carbocycles. The molecule has 0 aromatic heterocycles. The largest absolute Gasteiger partial charge is 0.396 e. The summed E-state index contributed by atoms with van der Waals surface area (Å²) in [5, 5.41) is 8.59. The van der Waals surface area contributed by atoms with E-state index in [2.05, 4.69) is 4.72 Å². The molecule has 0 bridgehead atoms. The first-order valence-corrected chi connectivity index (χ1v) is 6.93. The van der Waals surface area contributed by atoms with E-state index in [9.17, 15) is 8.42 Å². The van der Waals surface area contributed by atoms with Crippen molar-refractivity contribution in [1.29, 1.82) is 0 Å². The zero-order valence-corrected chi connectivity index (χ0v) is 10.1. The van der Waals surface area contributed by atoms with Crippen LogP contribution in [0.3, 0.4) is 0 Å². The smallest absolute Gasteiger partial charge is 0.232 e. The van der Waals surface area contributed by atoms with Crippen molar-refractivity contribution in [3.8, 4) is 0 Å². The number of sulfonamides is 1. The highest BCUT2D eigenvalue weighted by Gasteiger charge is 2.09. The second-order valence-electron chi connectivity index (χ2n) is 3.55. The van der Waals surface area contributed by atoms with Gasteiger partial charge in [0.1, 0.15) is 0 Å². The summed E-state index contributed by atoms with van der Waals surface area (Å²) in [5.41, 5.74) is 1.67. The molecule has 0 spiro atoms. The van der Waals surface area contributed by atoms with Gasteiger partial charge in [-0.15, -0.1) is 0 Å². The highest BCUT2D eigenvalue weighted by molar-refractivity contribution is 7.92. The Balaban J connectivity index is 2.72. The molecule has 16 heavy (non-hydrogen) atoms. The van der Waals surface area contributed by atoms with Crippen LogP contribution in [0.2, 0.25) is 0 Å². The average Bonchev–Trinajstić information content (AvgIpc) is 2.26. The fourth-order valence-corrected chi connectivity index (χ4v) is 2.44. The van der Waals surface area contributed by atoms with Crippen LogP contribution in [0.15, 0.2) is 24.3 Å². The summed E-state index contributed by atoms with van der Waals surface area (Å²) in [6, 6.07) is 7.31. The Hall–Kier alpha value is -1.07. The normalized spacial score (nSPS) is 11.4. The summed E-state index contributed by atoms with van der Waals surface area (Å²) in [7, 11) is -3.33. The number of aliphatic hydroxyl groups is 1. The molecule has 2 N–H and O–H groups in total. The van der Waals surface area contributed by atoms with E-state index in [4.69, 9.17) is 5.11 Å². The van der Waals surface area contributed by atoms with E-state index in [1.165, 1.54) is 0 Å². The van der Waals surface area contributed by atoms with Crippen LogP contribution in [0.5, 0.6) is 0 Å². The lowest BCUT2D eigenvalue weighted by Crippen LogP contribution is -2.17. The van der Waals surface area contributed by atoms with Gasteiger partial charge in [0.15, 0.2) is 0 Å². The van der Waals surface area contributed by atoms with Crippen molar-refractivity contribution >= 4 is 15.7 Å². The molecule has 90 valence electrons. The molecule has 0 aliphatic rings. The maximum atomic E-state index is 11.5. The monoisotopic (exact) mass is 243 g/mol. The third kappa shape index (κ3) is 4.20. The number of benzene rings is 1. The number of nitrogens with one attached hydrogen (secondary N) is 1. The molecule has 0 saturated heterocycles. The molecule has 5 heteroatoms. The number of rotatable bonds is 6. The predicted molar refractivity (Wildman–Crippen MR) is 64.9 cm³/mol. The second-order valence-corrected chi connectivity index (χ2v) is 5.39. The number of anilines is 1. The molecular formula is C11H17NO3S. The topological polar surface area (TPSA) is 66.4 Å². The summed E-state index contributed by atoms with van der Waals surface area (Å²) < 4.78 is 25.6. The van der Waals surface area contributed by atoms with E-state index in [0.717, 1.165) is 12.0 Å². The summed E-state index contributed by atoms with van der Waals surface area (Å²) >= 11 is 0. The first-order chi connectivity index (χ1) is 7.57. The van der Waals surface area contributed by atoms with Crippen molar-refractivity contribution in [3.63, 3.8) is 0 Å². The maximum absolute atomic E-state index is 11.5. The molecule has 0 radical (unpaired) electrons. The van der Waals surface area contributed by atoms with Gasteiger partial charge in [-0.1, -0.05) is 19.1 Å². The van der Waals surface area contributed by atoms with Gasteiger partial charge in [-0.3, -0.25) is 4.72 Å². The van der Waals surface area contributed by atoms with Gasteiger partial charge in [0, 0.05) is 12.3 Å². The van der Waals surface area contributed by atoms with Gasteiger partial charge < -0.3 is 5.11 Å². The van der Waals surface area contributed by atoms with E-state index in [1.807, 2.05) is 25.1 Å². The Labute approximate surface area is 96.4 Å². The quantitative estimate of drug-likeness (QED) is 0.793. The Morgan fingerprint density at radius 3 is 2.75 bits per heavy atom. The van der Waals surface area contributed by atoms with Gasteiger partial charge in [0.05, 0.1) is 5.75 Å². The van der Waals surface area contributed by atoms with Crippen molar-refractivity contribution in [2.45, 2.75) is 19.8 Å². The summed E-state index contributed by atoms with van der Waals surface area (Å²) in [6.45, 7) is 1.90. The van der Waals surface area contributed by atoms with Gasteiger partial charge in [0.2, 0.25) is 10.0 Å². The molecule has 1 rings (SSSR count). The molecule has 0 heterocycles. The van der Waals surface area contributed by atoms with Crippen molar-refractivity contribution < 1.29 is 13.5 Å². The number of hydrogen-bond donors (Lipinski definition) is 2. The minimum absolute atomic E-state index is 0.0557. The highest BCUT2D eigenvalue weighted by atomic mass is 32.2. The van der Waals surface area contributed by atoms with Gasteiger partial charge in [-0.2, -0.15) is 0 Å². The van der Waals surface area contributed by atoms with Crippen LogP contribution in [0, 0.1) is 0 Å². The van der Waals surface area contributed by atoms with Crippen LogP contribution in [0.25, 0.3) is 0 Å². The Morgan fingerprint density at radius 2 is 2.12 bits per heavy atom. The van der Waals surface area contributed by atoms with Gasteiger partial charge in [-0.05, 0) is 30.5 Å². The van der Waals surface area contributed by atoms with E-state index in [0.29, 0.717) is 5.69 Å². The van der Waals surface area contributed by atoms with Crippen molar-refractivity contribution in [2.24, 2.45) is 0 Å². The van der Waals surface area contributed by atoms with Crippen LogP contribution in [-0.2, 0) is 16.4 Å². The lowest BCUT2D eigenvalue weighted by molar-refractivity contribution is 0.295. The number of aliphatic hydroxyl groups excluding tert-OH is 1. The minimum atomic E-state index is -3.33. The molecule has 4 nitrogen and oxygen atoms in total. The average molecular weight is 243 g/mol. The third-order valence-corrected chi connectivity index (χ3v) is 3.55. The number of hydrogen-bond acceptors (Lipinski definition) is 3. The van der Waals surface area contributed by atoms with Gasteiger partial charge in [-0.25, -0.2) is 8.42 Å². The maximum Gasteiger partial charge on any atom is 0.232 e. The second kappa shape index (κ2) is 5.86. The minimum Gasteiger partial charge on any atom is -0.396 e. The molecular weight excluding hydrogens is 226 g/mol. The summed E-state index contributed by atoms with van der Waals surface area (Å²) in [4.78, 5) is 0. The van der Waals surface area contributed by atoms with Crippen molar-refractivity contribution in [3.05, 3.63) is 29.8 Å². The molecule has 0 aliphatic carbocycles. The van der Waals surface area contributed by atoms with Crippen LogP contribution >= 0.6 is 0 Å². The Morgan fingerprint density at radius 1 is 1.38 bits per heavy atom. The standard InChI is InChI=1S/C11H17NO3S/c1-2-10-5-3-6-11(9-10)12-16(14,15)8-4-7-13/h3,5-6,9,12-13H,2,4,7-8H2,1H3. The third-order valence-electron chi connectivity index (χ3n) is 2.18. The van der Waals surface area contributed by atoms with Crippen LogP contribution in [0.1, 0.15) is 18.9 Å². The fourth-order valence-electron chi connectivity index (χ4n) is 1.34. The van der Waals surface area contributed by atoms with Gasteiger partial charge >= 0.3 is 0 Å². The molecule has 1 aromatic rings. The van der Waals surface area contributed by atoms with Crippen molar-refractivity contribution in [1.82, 2.24) is 0 Å².